The van der Waals surface area contributed by atoms with Crippen molar-refractivity contribution in [3.8, 4) is 0 Å². The van der Waals surface area contributed by atoms with Crippen LogP contribution < -0.4 is 15.5 Å². The lowest BCUT2D eigenvalue weighted by atomic mass is 10.3. The molecule has 5 nitrogen and oxygen atoms in total. The maximum atomic E-state index is 12.0. The van der Waals surface area contributed by atoms with Gasteiger partial charge in [-0.2, -0.15) is 0 Å². The number of aromatic nitrogens is 1. The van der Waals surface area contributed by atoms with Gasteiger partial charge in [0.2, 0.25) is 0 Å². The molecule has 1 aliphatic heterocycles. The van der Waals surface area contributed by atoms with Crippen LogP contribution in [-0.4, -0.2) is 23.6 Å². The van der Waals surface area contributed by atoms with E-state index in [9.17, 15) is 4.79 Å². The van der Waals surface area contributed by atoms with Crippen LogP contribution >= 0.6 is 11.6 Å². The van der Waals surface area contributed by atoms with E-state index in [1.165, 1.54) is 0 Å². The van der Waals surface area contributed by atoms with Crippen molar-refractivity contribution in [2.24, 2.45) is 0 Å². The lowest BCUT2D eigenvalue weighted by Crippen LogP contribution is -2.20. The number of nitrogens with zero attached hydrogens (tertiary/aromatic N) is 2. The maximum Gasteiger partial charge on any atom is 0.323 e. The van der Waals surface area contributed by atoms with Crippen LogP contribution in [0.4, 0.5) is 22.0 Å². The summed E-state index contributed by atoms with van der Waals surface area (Å²) in [6.07, 6.45) is 1.72. The van der Waals surface area contributed by atoms with Gasteiger partial charge in [-0.15, -0.1) is 0 Å². The van der Waals surface area contributed by atoms with Crippen molar-refractivity contribution < 1.29 is 4.79 Å². The number of amides is 2. The van der Waals surface area contributed by atoms with Gasteiger partial charge in [0.05, 0.1) is 5.69 Å². The van der Waals surface area contributed by atoms with Crippen molar-refractivity contribution >= 4 is 34.8 Å². The molecule has 1 fully saturated rings. The molecule has 2 amide bonds. The average molecular weight is 303 g/mol. The highest BCUT2D eigenvalue weighted by atomic mass is 35.5. The van der Waals surface area contributed by atoms with Crippen molar-refractivity contribution in [3.63, 3.8) is 0 Å². The first kappa shape index (κ1) is 13.7. The molecule has 1 saturated heterocycles. The third-order valence-electron chi connectivity index (χ3n) is 3.27. The smallest absolute Gasteiger partial charge is 0.323 e. The van der Waals surface area contributed by atoms with Crippen LogP contribution in [0.5, 0.6) is 0 Å². The van der Waals surface area contributed by atoms with Crippen molar-refractivity contribution in [2.75, 3.05) is 22.1 Å². The minimum atomic E-state index is -0.305. The number of carbonyl (C=O) groups is 1. The monoisotopic (exact) mass is 302 g/mol. The molecule has 3 rings (SSSR count). The van der Waals surface area contributed by atoms with Crippen molar-refractivity contribution in [1.82, 2.24) is 4.98 Å². The number of benzene rings is 1. The van der Waals surface area contributed by atoms with Crippen LogP contribution in [0.3, 0.4) is 0 Å². The quantitative estimate of drug-likeness (QED) is 0.852. The van der Waals surface area contributed by atoms with Gasteiger partial charge < -0.3 is 15.5 Å². The van der Waals surface area contributed by atoms with E-state index >= 15 is 0 Å². The molecular formula is C15H15ClN4O. The van der Waals surface area contributed by atoms with E-state index < -0.39 is 0 Å². The largest absolute Gasteiger partial charge is 0.348 e. The fourth-order valence-corrected chi connectivity index (χ4v) is 2.20. The Balaban J connectivity index is 1.69. The molecule has 0 bridgehead atoms. The number of anilines is 3. The summed E-state index contributed by atoms with van der Waals surface area (Å²) in [6.45, 7) is 3.08. The number of urea groups is 1. The number of hydrogen-bond acceptors (Lipinski definition) is 3. The standard InChI is InChI=1S/C15H15ClN4O/c1-10-9-20(10)14-13(3-2-8-17-14)19-15(21)18-12-6-4-11(16)5-7-12/h2-8,10H,9H2,1H3,(H2,18,19,21). The number of pyridine rings is 1. The lowest BCUT2D eigenvalue weighted by molar-refractivity contribution is 0.262. The Bertz CT molecular complexity index is 659. The second-order valence-corrected chi connectivity index (χ2v) is 5.40. The van der Waals surface area contributed by atoms with E-state index in [-0.39, 0.29) is 6.03 Å². The predicted octanol–water partition coefficient (Wildman–Crippen LogP) is 3.59. The SMILES string of the molecule is CC1CN1c1ncccc1NC(=O)Nc1ccc(Cl)cc1. The molecule has 1 aromatic carbocycles. The van der Waals surface area contributed by atoms with Gasteiger partial charge in [-0.05, 0) is 43.3 Å². The second-order valence-electron chi connectivity index (χ2n) is 4.96. The zero-order chi connectivity index (χ0) is 14.8. The van der Waals surface area contributed by atoms with Crippen molar-refractivity contribution in [1.29, 1.82) is 0 Å². The van der Waals surface area contributed by atoms with Gasteiger partial charge in [0, 0.05) is 29.5 Å². The van der Waals surface area contributed by atoms with Crippen molar-refractivity contribution in [3.05, 3.63) is 47.6 Å². The Kier molecular flexibility index (Phi) is 3.66. The molecule has 21 heavy (non-hydrogen) atoms. The number of rotatable bonds is 3. The third kappa shape index (κ3) is 3.25. The average Bonchev–Trinajstić information content (AvgIpc) is 3.19. The van der Waals surface area contributed by atoms with Crippen LogP contribution in [0.1, 0.15) is 6.92 Å². The number of carbonyl (C=O) groups excluding carboxylic acids is 1. The number of halogens is 1. The molecule has 2 N–H and O–H groups in total. The summed E-state index contributed by atoms with van der Waals surface area (Å²) < 4.78 is 0. The zero-order valence-electron chi connectivity index (χ0n) is 11.5. The van der Waals surface area contributed by atoms with E-state index in [4.69, 9.17) is 11.6 Å². The van der Waals surface area contributed by atoms with E-state index in [1.807, 2.05) is 6.07 Å². The topological polar surface area (TPSA) is 57.0 Å². The molecule has 108 valence electrons. The Hall–Kier alpha value is -2.27. The Morgan fingerprint density at radius 3 is 2.67 bits per heavy atom. The third-order valence-corrected chi connectivity index (χ3v) is 3.52. The molecule has 2 heterocycles. The molecule has 1 aliphatic rings. The molecule has 0 saturated carbocycles. The molecule has 1 unspecified atom stereocenters. The summed E-state index contributed by atoms with van der Waals surface area (Å²) in [5.74, 6) is 0.802. The summed E-state index contributed by atoms with van der Waals surface area (Å²) in [6, 6.07) is 10.8. The van der Waals surface area contributed by atoms with E-state index in [2.05, 4.69) is 27.4 Å². The van der Waals surface area contributed by atoms with Gasteiger partial charge in [-0.3, -0.25) is 0 Å². The van der Waals surface area contributed by atoms with Gasteiger partial charge in [0.1, 0.15) is 0 Å². The van der Waals surface area contributed by atoms with Crippen LogP contribution in [0.15, 0.2) is 42.6 Å². The molecule has 0 spiro atoms. The summed E-state index contributed by atoms with van der Waals surface area (Å²) in [5.41, 5.74) is 1.38. The molecule has 0 aliphatic carbocycles. The Morgan fingerprint density at radius 1 is 1.29 bits per heavy atom. The van der Waals surface area contributed by atoms with Gasteiger partial charge in [0.15, 0.2) is 5.82 Å². The molecule has 2 aromatic rings. The first-order valence-corrected chi connectivity index (χ1v) is 7.06. The molecule has 1 aromatic heterocycles. The highest BCUT2D eigenvalue weighted by molar-refractivity contribution is 6.30. The summed E-state index contributed by atoms with van der Waals surface area (Å²) in [5, 5.41) is 6.22. The summed E-state index contributed by atoms with van der Waals surface area (Å²) in [4.78, 5) is 18.5. The van der Waals surface area contributed by atoms with Crippen LogP contribution in [-0.2, 0) is 0 Å². The van der Waals surface area contributed by atoms with Gasteiger partial charge >= 0.3 is 6.03 Å². The molecule has 1 atom stereocenters. The normalized spacial score (nSPS) is 16.5. The maximum absolute atomic E-state index is 12.0. The van der Waals surface area contributed by atoms with Crippen molar-refractivity contribution in [2.45, 2.75) is 13.0 Å². The second kappa shape index (κ2) is 5.61. The minimum Gasteiger partial charge on any atom is -0.348 e. The zero-order valence-corrected chi connectivity index (χ0v) is 12.3. The predicted molar refractivity (Wildman–Crippen MR) is 85.1 cm³/mol. The van der Waals surface area contributed by atoms with Crippen LogP contribution in [0, 0.1) is 0 Å². The number of nitrogens with one attached hydrogen (secondary N) is 2. The molecule has 6 heteroatoms. The van der Waals surface area contributed by atoms with E-state index in [0.29, 0.717) is 22.4 Å². The fraction of sp³-hybridized carbons (Fsp3) is 0.200. The van der Waals surface area contributed by atoms with Crippen LogP contribution in [0.25, 0.3) is 0 Å². The molecular weight excluding hydrogens is 288 g/mol. The van der Waals surface area contributed by atoms with E-state index in [0.717, 1.165) is 12.4 Å². The Labute approximate surface area is 127 Å². The fourth-order valence-electron chi connectivity index (χ4n) is 2.07. The van der Waals surface area contributed by atoms with Gasteiger partial charge in [0.25, 0.3) is 0 Å². The summed E-state index contributed by atoms with van der Waals surface area (Å²) in [7, 11) is 0. The highest BCUT2D eigenvalue weighted by Crippen LogP contribution is 2.31. The van der Waals surface area contributed by atoms with Crippen LogP contribution in [0.2, 0.25) is 5.02 Å². The van der Waals surface area contributed by atoms with E-state index in [1.54, 1.807) is 36.5 Å². The Morgan fingerprint density at radius 2 is 2.00 bits per heavy atom. The highest BCUT2D eigenvalue weighted by Gasteiger charge is 2.32. The lowest BCUT2D eigenvalue weighted by Gasteiger charge is -2.12. The van der Waals surface area contributed by atoms with Gasteiger partial charge in [-0.1, -0.05) is 11.6 Å². The van der Waals surface area contributed by atoms with Gasteiger partial charge in [-0.25, -0.2) is 9.78 Å². The number of hydrogen-bond donors (Lipinski definition) is 2. The first-order chi connectivity index (χ1) is 10.1. The molecule has 0 radical (unpaired) electrons. The summed E-state index contributed by atoms with van der Waals surface area (Å²) >= 11 is 5.81. The minimum absolute atomic E-state index is 0.305. The first-order valence-electron chi connectivity index (χ1n) is 6.69.